The highest BCUT2D eigenvalue weighted by atomic mass is 19.4. The van der Waals surface area contributed by atoms with E-state index in [9.17, 15) is 18.3 Å². The Morgan fingerprint density at radius 1 is 1.24 bits per heavy atom. The van der Waals surface area contributed by atoms with E-state index in [-0.39, 0.29) is 18.7 Å². The highest BCUT2D eigenvalue weighted by Gasteiger charge is 2.33. The molecule has 9 heteroatoms. The average molecular weight is 404 g/mol. The zero-order valence-electron chi connectivity index (χ0n) is 15.6. The lowest BCUT2D eigenvalue weighted by molar-refractivity contribution is -0.138. The molecule has 0 radical (unpaired) electrons. The van der Waals surface area contributed by atoms with Gasteiger partial charge in [-0.15, -0.1) is 0 Å². The molecule has 0 saturated carbocycles. The third kappa shape index (κ3) is 3.88. The van der Waals surface area contributed by atoms with Gasteiger partial charge in [0.1, 0.15) is 11.4 Å². The minimum atomic E-state index is -4.45. The average Bonchev–Trinajstić information content (AvgIpc) is 3.12. The van der Waals surface area contributed by atoms with Crippen molar-refractivity contribution in [3.63, 3.8) is 0 Å². The summed E-state index contributed by atoms with van der Waals surface area (Å²) in [5, 5.41) is 14.3. The van der Waals surface area contributed by atoms with Crippen LogP contribution in [0.2, 0.25) is 0 Å². The first-order valence-electron chi connectivity index (χ1n) is 9.09. The van der Waals surface area contributed by atoms with Gasteiger partial charge in [-0.3, -0.25) is 9.97 Å². The van der Waals surface area contributed by atoms with E-state index in [1.165, 1.54) is 19.2 Å². The van der Waals surface area contributed by atoms with Gasteiger partial charge in [-0.2, -0.15) is 13.2 Å². The molecular weight excluding hydrogens is 385 g/mol. The van der Waals surface area contributed by atoms with E-state index in [1.807, 2.05) is 6.07 Å². The number of hydrogen-bond acceptors (Lipinski definition) is 6. The predicted octanol–water partition coefficient (Wildman–Crippen LogP) is 3.58. The molecule has 6 nitrogen and oxygen atoms in total. The fourth-order valence-electron chi connectivity index (χ4n) is 3.38. The maximum atomic E-state index is 13.0. The Bertz CT molecular complexity index is 1050. The maximum absolute atomic E-state index is 13.0. The molecule has 0 spiro atoms. The van der Waals surface area contributed by atoms with Crippen molar-refractivity contribution in [2.75, 3.05) is 25.1 Å². The monoisotopic (exact) mass is 404 g/mol. The number of fused-ring (bicyclic) bond motifs is 1. The number of nitrogens with zero attached hydrogens (tertiary/aromatic N) is 3. The van der Waals surface area contributed by atoms with Crippen LogP contribution in [0.3, 0.4) is 0 Å². The fraction of sp³-hybridized carbons (Fsp3) is 0.350. The molecule has 1 atom stereocenters. The van der Waals surface area contributed by atoms with Crippen molar-refractivity contribution in [2.24, 2.45) is 0 Å². The van der Waals surface area contributed by atoms with Crippen LogP contribution >= 0.6 is 0 Å². The van der Waals surface area contributed by atoms with Crippen molar-refractivity contribution in [2.45, 2.75) is 25.1 Å². The van der Waals surface area contributed by atoms with Gasteiger partial charge in [0.05, 0.1) is 23.4 Å². The Morgan fingerprint density at radius 2 is 2.07 bits per heavy atom. The van der Waals surface area contributed by atoms with Gasteiger partial charge in [-0.05, 0) is 30.7 Å². The zero-order chi connectivity index (χ0) is 20.6. The molecule has 0 amide bonds. The third-order valence-corrected chi connectivity index (χ3v) is 5.00. The molecule has 1 fully saturated rings. The summed E-state index contributed by atoms with van der Waals surface area (Å²) >= 11 is 0. The highest BCUT2D eigenvalue weighted by molar-refractivity contribution is 5.98. The first-order chi connectivity index (χ1) is 13.8. The van der Waals surface area contributed by atoms with Crippen LogP contribution in [0.5, 0.6) is 0 Å². The molecule has 4 heterocycles. The van der Waals surface area contributed by atoms with Gasteiger partial charge in [0.15, 0.2) is 0 Å². The number of pyridine rings is 3. The second-order valence-electron chi connectivity index (χ2n) is 7.18. The SMILES string of the molecule is Cc1cc(-c2cnc(NCC3(O)CCOC3)c3cccnc23)ncc1C(F)(F)F. The Morgan fingerprint density at radius 3 is 2.76 bits per heavy atom. The lowest BCUT2D eigenvalue weighted by atomic mass is 10.0. The molecule has 1 aliphatic heterocycles. The normalized spacial score (nSPS) is 19.6. The highest BCUT2D eigenvalue weighted by Crippen LogP contribution is 2.34. The summed E-state index contributed by atoms with van der Waals surface area (Å²) < 4.78 is 44.3. The van der Waals surface area contributed by atoms with Crippen LogP contribution < -0.4 is 5.32 Å². The van der Waals surface area contributed by atoms with Gasteiger partial charge >= 0.3 is 6.18 Å². The third-order valence-electron chi connectivity index (χ3n) is 5.00. The molecule has 4 rings (SSSR count). The van der Waals surface area contributed by atoms with Gasteiger partial charge in [0.2, 0.25) is 0 Å². The van der Waals surface area contributed by atoms with E-state index in [1.54, 1.807) is 12.3 Å². The van der Waals surface area contributed by atoms with Crippen molar-refractivity contribution in [1.29, 1.82) is 0 Å². The number of ether oxygens (including phenoxy) is 1. The Kier molecular flexibility index (Phi) is 4.87. The molecule has 2 N–H and O–H groups in total. The van der Waals surface area contributed by atoms with Crippen LogP contribution in [0.25, 0.3) is 22.2 Å². The van der Waals surface area contributed by atoms with Gasteiger partial charge in [-0.25, -0.2) is 4.98 Å². The fourth-order valence-corrected chi connectivity index (χ4v) is 3.38. The Labute approximate surface area is 164 Å². The minimum absolute atomic E-state index is 0.0808. The van der Waals surface area contributed by atoms with Crippen LogP contribution in [0.15, 0.2) is 36.8 Å². The molecule has 0 aromatic carbocycles. The van der Waals surface area contributed by atoms with E-state index in [0.29, 0.717) is 41.0 Å². The second-order valence-corrected chi connectivity index (χ2v) is 7.18. The summed E-state index contributed by atoms with van der Waals surface area (Å²) in [7, 11) is 0. The number of nitrogens with one attached hydrogen (secondary N) is 1. The van der Waals surface area contributed by atoms with E-state index in [4.69, 9.17) is 4.74 Å². The number of alkyl halides is 3. The molecular formula is C20H19F3N4O2. The molecule has 3 aromatic heterocycles. The molecule has 1 aliphatic rings. The van der Waals surface area contributed by atoms with Crippen molar-refractivity contribution in [3.05, 3.63) is 47.9 Å². The van der Waals surface area contributed by atoms with Crippen molar-refractivity contribution >= 4 is 16.7 Å². The van der Waals surface area contributed by atoms with Gasteiger partial charge in [-0.1, -0.05) is 0 Å². The van der Waals surface area contributed by atoms with E-state index in [2.05, 4.69) is 20.3 Å². The van der Waals surface area contributed by atoms with Crippen LogP contribution in [-0.2, 0) is 10.9 Å². The van der Waals surface area contributed by atoms with Gasteiger partial charge in [0, 0.05) is 49.1 Å². The second kappa shape index (κ2) is 7.23. The summed E-state index contributed by atoms with van der Waals surface area (Å²) in [6.45, 7) is 2.42. The zero-order valence-corrected chi connectivity index (χ0v) is 15.6. The number of aromatic nitrogens is 3. The van der Waals surface area contributed by atoms with Crippen molar-refractivity contribution in [1.82, 2.24) is 15.0 Å². The summed E-state index contributed by atoms with van der Waals surface area (Å²) in [6, 6.07) is 4.95. The summed E-state index contributed by atoms with van der Waals surface area (Å²) in [6.07, 6.45) is 0.0448. The summed E-state index contributed by atoms with van der Waals surface area (Å²) in [4.78, 5) is 12.8. The van der Waals surface area contributed by atoms with E-state index >= 15 is 0 Å². The maximum Gasteiger partial charge on any atom is 0.418 e. The number of aliphatic hydroxyl groups is 1. The molecule has 3 aromatic rings. The molecule has 0 bridgehead atoms. The van der Waals surface area contributed by atoms with Crippen molar-refractivity contribution in [3.8, 4) is 11.3 Å². The van der Waals surface area contributed by atoms with Crippen LogP contribution in [0.4, 0.5) is 19.0 Å². The number of aryl methyl sites for hydroxylation is 1. The minimum Gasteiger partial charge on any atom is -0.386 e. The van der Waals surface area contributed by atoms with Gasteiger partial charge < -0.3 is 15.2 Å². The number of anilines is 1. The standard InChI is InChI=1S/C20H19F3N4O2/c1-12-7-16(25-9-15(12)20(21,22)23)14-8-26-18(13-3-2-5-24-17(13)14)27-10-19(28)4-6-29-11-19/h2-3,5,7-9,28H,4,6,10-11H2,1H3,(H,26,27). The van der Waals surface area contributed by atoms with Gasteiger partial charge in [0.25, 0.3) is 0 Å². The summed E-state index contributed by atoms with van der Waals surface area (Å²) in [5.74, 6) is 0.529. The molecule has 1 unspecified atom stereocenters. The van der Waals surface area contributed by atoms with E-state index < -0.39 is 17.3 Å². The smallest absolute Gasteiger partial charge is 0.386 e. The number of halogens is 3. The van der Waals surface area contributed by atoms with Crippen LogP contribution in [0, 0.1) is 6.92 Å². The lowest BCUT2D eigenvalue weighted by Crippen LogP contribution is -2.37. The number of rotatable bonds is 4. The molecule has 0 aliphatic carbocycles. The molecule has 152 valence electrons. The largest absolute Gasteiger partial charge is 0.418 e. The van der Waals surface area contributed by atoms with Crippen molar-refractivity contribution < 1.29 is 23.0 Å². The summed E-state index contributed by atoms with van der Waals surface area (Å²) in [5.41, 5.74) is -0.187. The van der Waals surface area contributed by atoms with Crippen LogP contribution in [-0.4, -0.2) is 45.4 Å². The quantitative estimate of drug-likeness (QED) is 0.692. The molecule has 1 saturated heterocycles. The van der Waals surface area contributed by atoms with E-state index in [0.717, 1.165) is 6.20 Å². The first kappa shape index (κ1) is 19.5. The molecule has 29 heavy (non-hydrogen) atoms. The Hall–Kier alpha value is -2.78. The topological polar surface area (TPSA) is 80.2 Å². The number of hydrogen-bond donors (Lipinski definition) is 2. The predicted molar refractivity (Wildman–Crippen MR) is 101 cm³/mol. The lowest BCUT2D eigenvalue weighted by Gasteiger charge is -2.21. The first-order valence-corrected chi connectivity index (χ1v) is 9.09. The van der Waals surface area contributed by atoms with Crippen LogP contribution in [0.1, 0.15) is 17.5 Å². The Balaban J connectivity index is 1.71.